The van der Waals surface area contributed by atoms with E-state index in [0.29, 0.717) is 18.2 Å². The monoisotopic (exact) mass is 321 g/mol. The normalized spacial score (nSPS) is 28.7. The van der Waals surface area contributed by atoms with E-state index in [1.165, 1.54) is 0 Å². The van der Waals surface area contributed by atoms with Crippen LogP contribution in [0.3, 0.4) is 0 Å². The molecule has 0 spiro atoms. The maximum atomic E-state index is 12.0. The van der Waals surface area contributed by atoms with Crippen LogP contribution in [0.1, 0.15) is 23.2 Å². The zero-order valence-corrected chi connectivity index (χ0v) is 13.0. The Labute approximate surface area is 135 Å². The molecule has 1 aromatic rings. The minimum absolute atomic E-state index is 0.0964. The lowest BCUT2D eigenvalue weighted by Gasteiger charge is -2.27. The summed E-state index contributed by atoms with van der Waals surface area (Å²) in [5, 5.41) is 16.6. The summed E-state index contributed by atoms with van der Waals surface area (Å²) >= 11 is 0. The van der Waals surface area contributed by atoms with Gasteiger partial charge in [-0.3, -0.25) is 9.78 Å². The minimum Gasteiger partial charge on any atom is -0.389 e. The zero-order valence-electron chi connectivity index (χ0n) is 13.0. The standard InChI is InChI=1S/C16H23N3O4/c20-15-13(19-12-3-7-22-8-4-12)10-23-14(15)9-18-16(21)11-1-5-17-6-2-11/h1-2,5-6,12-15,19-20H,3-4,7-10H2,(H,18,21)/t13-,14-,15+/m1/s1. The van der Waals surface area contributed by atoms with Crippen LogP contribution in [0.4, 0.5) is 0 Å². The van der Waals surface area contributed by atoms with E-state index in [4.69, 9.17) is 9.47 Å². The van der Waals surface area contributed by atoms with Gasteiger partial charge in [-0.25, -0.2) is 0 Å². The number of nitrogens with one attached hydrogen (secondary N) is 2. The second kappa shape index (κ2) is 7.83. The summed E-state index contributed by atoms with van der Waals surface area (Å²) in [7, 11) is 0. The number of carbonyl (C=O) groups excluding carboxylic acids is 1. The summed E-state index contributed by atoms with van der Waals surface area (Å²) < 4.78 is 11.0. The molecule has 1 amide bonds. The molecule has 0 aliphatic carbocycles. The quantitative estimate of drug-likeness (QED) is 0.690. The van der Waals surface area contributed by atoms with Crippen LogP contribution in [0.15, 0.2) is 24.5 Å². The first-order chi connectivity index (χ1) is 11.2. The third-order valence-electron chi connectivity index (χ3n) is 4.36. The predicted molar refractivity (Wildman–Crippen MR) is 83.1 cm³/mol. The van der Waals surface area contributed by atoms with Gasteiger partial charge in [-0.1, -0.05) is 0 Å². The SMILES string of the molecule is O=C(NC[C@H]1OC[C@@H](NC2CCOCC2)[C@@H]1O)c1ccncc1. The van der Waals surface area contributed by atoms with E-state index in [1.807, 2.05) is 0 Å². The molecule has 0 bridgehead atoms. The van der Waals surface area contributed by atoms with Crippen LogP contribution in [0.2, 0.25) is 0 Å². The van der Waals surface area contributed by atoms with E-state index in [0.717, 1.165) is 26.1 Å². The van der Waals surface area contributed by atoms with Crippen molar-refractivity contribution in [3.63, 3.8) is 0 Å². The highest BCUT2D eigenvalue weighted by Crippen LogP contribution is 2.17. The number of amides is 1. The maximum absolute atomic E-state index is 12.0. The molecule has 7 nitrogen and oxygen atoms in total. The van der Waals surface area contributed by atoms with E-state index in [1.54, 1.807) is 24.5 Å². The second-order valence-corrected chi connectivity index (χ2v) is 5.97. The van der Waals surface area contributed by atoms with Crippen molar-refractivity contribution >= 4 is 5.91 Å². The van der Waals surface area contributed by atoms with Gasteiger partial charge in [-0.15, -0.1) is 0 Å². The molecule has 3 rings (SSSR count). The van der Waals surface area contributed by atoms with Gasteiger partial charge in [-0.2, -0.15) is 0 Å². The van der Waals surface area contributed by atoms with Gasteiger partial charge in [0.05, 0.1) is 18.8 Å². The van der Waals surface area contributed by atoms with Crippen LogP contribution in [0.5, 0.6) is 0 Å². The fraction of sp³-hybridized carbons (Fsp3) is 0.625. The summed E-state index contributed by atoms with van der Waals surface area (Å²) in [5.74, 6) is -0.191. The molecular weight excluding hydrogens is 298 g/mol. The van der Waals surface area contributed by atoms with Crippen molar-refractivity contribution in [1.82, 2.24) is 15.6 Å². The molecule has 0 radical (unpaired) electrons. The van der Waals surface area contributed by atoms with Gasteiger partial charge in [0, 0.05) is 43.8 Å². The molecule has 23 heavy (non-hydrogen) atoms. The van der Waals surface area contributed by atoms with Gasteiger partial charge in [0.1, 0.15) is 6.10 Å². The van der Waals surface area contributed by atoms with Crippen LogP contribution in [-0.2, 0) is 9.47 Å². The molecule has 2 aliphatic heterocycles. The smallest absolute Gasteiger partial charge is 0.251 e. The number of ether oxygens (including phenoxy) is 2. The number of hydrogen-bond acceptors (Lipinski definition) is 6. The van der Waals surface area contributed by atoms with Crippen molar-refractivity contribution < 1.29 is 19.4 Å². The average Bonchev–Trinajstić information content (AvgIpc) is 2.94. The van der Waals surface area contributed by atoms with Crippen molar-refractivity contribution in [3.05, 3.63) is 30.1 Å². The molecule has 0 unspecified atom stereocenters. The molecule has 3 N–H and O–H groups in total. The van der Waals surface area contributed by atoms with Gasteiger partial charge < -0.3 is 25.2 Å². The highest BCUT2D eigenvalue weighted by atomic mass is 16.5. The number of hydrogen-bond donors (Lipinski definition) is 3. The number of carbonyl (C=O) groups is 1. The summed E-state index contributed by atoms with van der Waals surface area (Å²) in [6, 6.07) is 3.56. The van der Waals surface area contributed by atoms with Gasteiger partial charge in [-0.05, 0) is 25.0 Å². The molecule has 7 heteroatoms. The molecule has 0 aromatic carbocycles. The van der Waals surface area contributed by atoms with Crippen molar-refractivity contribution in [2.24, 2.45) is 0 Å². The zero-order chi connectivity index (χ0) is 16.1. The van der Waals surface area contributed by atoms with Crippen LogP contribution < -0.4 is 10.6 Å². The molecule has 0 saturated carbocycles. The maximum Gasteiger partial charge on any atom is 0.251 e. The second-order valence-electron chi connectivity index (χ2n) is 5.97. The van der Waals surface area contributed by atoms with E-state index < -0.39 is 12.2 Å². The highest BCUT2D eigenvalue weighted by Gasteiger charge is 2.37. The van der Waals surface area contributed by atoms with Crippen molar-refractivity contribution in [2.45, 2.75) is 37.1 Å². The largest absolute Gasteiger partial charge is 0.389 e. The first-order valence-electron chi connectivity index (χ1n) is 8.06. The molecular formula is C16H23N3O4. The topological polar surface area (TPSA) is 92.7 Å². The third-order valence-corrected chi connectivity index (χ3v) is 4.36. The van der Waals surface area contributed by atoms with E-state index >= 15 is 0 Å². The molecule has 2 aliphatic rings. The third kappa shape index (κ3) is 4.26. The molecule has 2 saturated heterocycles. The Balaban J connectivity index is 1.45. The summed E-state index contributed by atoms with van der Waals surface area (Å²) in [6.45, 7) is 2.25. The number of aromatic nitrogens is 1. The molecule has 3 atom stereocenters. The van der Waals surface area contributed by atoms with Crippen molar-refractivity contribution in [3.8, 4) is 0 Å². The fourth-order valence-electron chi connectivity index (χ4n) is 2.98. The van der Waals surface area contributed by atoms with Crippen LogP contribution in [0, 0.1) is 0 Å². The first-order valence-corrected chi connectivity index (χ1v) is 8.06. The Morgan fingerprint density at radius 1 is 1.30 bits per heavy atom. The van der Waals surface area contributed by atoms with E-state index in [-0.39, 0.29) is 18.5 Å². The molecule has 3 heterocycles. The average molecular weight is 321 g/mol. The number of pyridine rings is 1. The van der Waals surface area contributed by atoms with Crippen molar-refractivity contribution in [2.75, 3.05) is 26.4 Å². The number of aliphatic hydroxyl groups is 1. The van der Waals surface area contributed by atoms with Crippen LogP contribution in [-0.4, -0.2) is 66.7 Å². The Morgan fingerprint density at radius 3 is 2.78 bits per heavy atom. The fourth-order valence-corrected chi connectivity index (χ4v) is 2.98. The molecule has 2 fully saturated rings. The van der Waals surface area contributed by atoms with Crippen LogP contribution >= 0.6 is 0 Å². The lowest BCUT2D eigenvalue weighted by molar-refractivity contribution is 0.0376. The lowest BCUT2D eigenvalue weighted by Crippen LogP contribution is -2.49. The minimum atomic E-state index is -0.629. The molecule has 126 valence electrons. The Bertz CT molecular complexity index is 507. The van der Waals surface area contributed by atoms with Gasteiger partial charge >= 0.3 is 0 Å². The number of rotatable bonds is 5. The predicted octanol–water partition coefficient (Wildman–Crippen LogP) is -0.292. The summed E-state index contributed by atoms with van der Waals surface area (Å²) in [6.07, 6.45) is 4.03. The number of nitrogens with zero attached hydrogens (tertiary/aromatic N) is 1. The Kier molecular flexibility index (Phi) is 5.56. The van der Waals surface area contributed by atoms with E-state index in [2.05, 4.69) is 15.6 Å². The Morgan fingerprint density at radius 2 is 2.04 bits per heavy atom. The Hall–Kier alpha value is -1.54. The van der Waals surface area contributed by atoms with Gasteiger partial charge in [0.2, 0.25) is 0 Å². The lowest BCUT2D eigenvalue weighted by atomic mass is 10.0. The highest BCUT2D eigenvalue weighted by molar-refractivity contribution is 5.93. The first kappa shape index (κ1) is 16.3. The van der Waals surface area contributed by atoms with Crippen LogP contribution in [0.25, 0.3) is 0 Å². The summed E-state index contributed by atoms with van der Waals surface area (Å²) in [5.41, 5.74) is 0.546. The van der Waals surface area contributed by atoms with Gasteiger partial charge in [0.25, 0.3) is 5.91 Å². The summed E-state index contributed by atoms with van der Waals surface area (Å²) in [4.78, 5) is 15.9. The van der Waals surface area contributed by atoms with Crippen molar-refractivity contribution in [1.29, 1.82) is 0 Å². The van der Waals surface area contributed by atoms with E-state index in [9.17, 15) is 9.90 Å². The van der Waals surface area contributed by atoms with Gasteiger partial charge in [0.15, 0.2) is 0 Å². The molecule has 1 aromatic heterocycles. The number of aliphatic hydroxyl groups excluding tert-OH is 1.